The predicted molar refractivity (Wildman–Crippen MR) is 76.9 cm³/mol. The van der Waals surface area contributed by atoms with Crippen LogP contribution < -0.4 is 10.6 Å². The summed E-state index contributed by atoms with van der Waals surface area (Å²) < 4.78 is 5.92. The molecule has 100 valence electrons. The van der Waals surface area contributed by atoms with E-state index >= 15 is 0 Å². The summed E-state index contributed by atoms with van der Waals surface area (Å²) in [7, 11) is 0. The Balaban J connectivity index is 2.01. The van der Waals surface area contributed by atoms with Crippen molar-refractivity contribution in [2.45, 2.75) is 45.3 Å². The highest BCUT2D eigenvalue weighted by Gasteiger charge is 2.23. The molecule has 2 rings (SSSR count). The molecular weight excluding hydrogens is 224 g/mol. The first kappa shape index (κ1) is 13.2. The van der Waals surface area contributed by atoms with Gasteiger partial charge in [0.2, 0.25) is 0 Å². The van der Waals surface area contributed by atoms with Gasteiger partial charge in [-0.3, -0.25) is 0 Å². The Bertz CT molecular complexity index is 363. The summed E-state index contributed by atoms with van der Waals surface area (Å²) in [4.78, 5) is 2.40. The predicted octanol–water partition coefficient (Wildman–Crippen LogP) is 3.05. The van der Waals surface area contributed by atoms with E-state index in [1.807, 2.05) is 12.1 Å². The van der Waals surface area contributed by atoms with E-state index in [1.165, 1.54) is 18.5 Å². The molecule has 1 fully saturated rings. The summed E-state index contributed by atoms with van der Waals surface area (Å²) in [5.74, 6) is 0. The lowest BCUT2D eigenvalue weighted by atomic mass is 10.2. The second-order valence-electron chi connectivity index (χ2n) is 5.18. The zero-order valence-corrected chi connectivity index (χ0v) is 11.4. The first-order valence-electron chi connectivity index (χ1n) is 6.95. The van der Waals surface area contributed by atoms with Crippen LogP contribution in [0.4, 0.5) is 11.4 Å². The van der Waals surface area contributed by atoms with Crippen molar-refractivity contribution in [3.05, 3.63) is 24.3 Å². The molecule has 1 heterocycles. The van der Waals surface area contributed by atoms with E-state index < -0.39 is 0 Å². The molecule has 1 aromatic rings. The molecular formula is C15H24N2O. The van der Waals surface area contributed by atoms with Crippen LogP contribution in [0.3, 0.4) is 0 Å². The van der Waals surface area contributed by atoms with Crippen molar-refractivity contribution in [2.75, 3.05) is 23.7 Å². The van der Waals surface area contributed by atoms with E-state index in [0.717, 1.165) is 25.2 Å². The number of nitrogens with two attached hydrogens (primary N) is 1. The average molecular weight is 248 g/mol. The average Bonchev–Trinajstić information content (AvgIpc) is 2.75. The van der Waals surface area contributed by atoms with Crippen molar-refractivity contribution in [3.63, 3.8) is 0 Å². The van der Waals surface area contributed by atoms with Gasteiger partial charge in [0.1, 0.15) is 0 Å². The minimum Gasteiger partial charge on any atom is -0.399 e. The lowest BCUT2D eigenvalue weighted by Crippen LogP contribution is -2.33. The van der Waals surface area contributed by atoms with Gasteiger partial charge in [-0.2, -0.15) is 0 Å². The number of rotatable bonds is 5. The molecule has 2 unspecified atom stereocenters. The summed E-state index contributed by atoms with van der Waals surface area (Å²) in [6, 6.07) is 8.14. The summed E-state index contributed by atoms with van der Waals surface area (Å²) in [5, 5.41) is 0. The fourth-order valence-electron chi connectivity index (χ4n) is 2.55. The minimum atomic E-state index is 0.379. The first-order chi connectivity index (χ1) is 8.69. The van der Waals surface area contributed by atoms with Crippen LogP contribution in [-0.4, -0.2) is 25.3 Å². The van der Waals surface area contributed by atoms with Crippen molar-refractivity contribution in [3.8, 4) is 0 Å². The van der Waals surface area contributed by atoms with E-state index in [1.54, 1.807) is 0 Å². The van der Waals surface area contributed by atoms with Crippen molar-refractivity contribution in [1.29, 1.82) is 0 Å². The Morgan fingerprint density at radius 1 is 1.28 bits per heavy atom. The lowest BCUT2D eigenvalue weighted by molar-refractivity contribution is 0.0600. The van der Waals surface area contributed by atoms with Crippen molar-refractivity contribution >= 4 is 11.4 Å². The van der Waals surface area contributed by atoms with Gasteiger partial charge in [0.05, 0.1) is 12.2 Å². The molecule has 3 nitrogen and oxygen atoms in total. The molecule has 1 aliphatic heterocycles. The molecule has 0 amide bonds. The van der Waals surface area contributed by atoms with Gasteiger partial charge >= 0.3 is 0 Å². The van der Waals surface area contributed by atoms with Gasteiger partial charge in [-0.25, -0.2) is 0 Å². The fourth-order valence-corrected chi connectivity index (χ4v) is 2.55. The van der Waals surface area contributed by atoms with Crippen molar-refractivity contribution in [2.24, 2.45) is 0 Å². The third-order valence-corrected chi connectivity index (χ3v) is 3.50. The molecule has 0 spiro atoms. The zero-order chi connectivity index (χ0) is 13.0. The van der Waals surface area contributed by atoms with Crippen molar-refractivity contribution in [1.82, 2.24) is 0 Å². The van der Waals surface area contributed by atoms with Gasteiger partial charge in [-0.05, 0) is 50.5 Å². The minimum absolute atomic E-state index is 0.379. The fraction of sp³-hybridized carbons (Fsp3) is 0.600. The highest BCUT2D eigenvalue weighted by molar-refractivity contribution is 5.53. The molecule has 2 N–H and O–H groups in total. The molecule has 0 aliphatic carbocycles. The largest absolute Gasteiger partial charge is 0.399 e. The van der Waals surface area contributed by atoms with Crippen LogP contribution in [-0.2, 0) is 4.74 Å². The second-order valence-corrected chi connectivity index (χ2v) is 5.18. The second kappa shape index (κ2) is 6.10. The van der Waals surface area contributed by atoms with Gasteiger partial charge < -0.3 is 15.4 Å². The maximum atomic E-state index is 5.92. The normalized spacial score (nSPS) is 23.2. The van der Waals surface area contributed by atoms with E-state index in [-0.39, 0.29) is 0 Å². The van der Waals surface area contributed by atoms with Gasteiger partial charge in [0.25, 0.3) is 0 Å². The van der Waals surface area contributed by atoms with Crippen LogP contribution >= 0.6 is 0 Å². The van der Waals surface area contributed by atoms with Crippen LogP contribution in [0.1, 0.15) is 33.1 Å². The molecule has 0 saturated carbocycles. The molecule has 18 heavy (non-hydrogen) atoms. The summed E-state index contributed by atoms with van der Waals surface area (Å²) in [6.45, 7) is 6.43. The molecule has 1 aromatic carbocycles. The Hall–Kier alpha value is -1.22. The van der Waals surface area contributed by atoms with Crippen molar-refractivity contribution < 1.29 is 4.74 Å². The van der Waals surface area contributed by atoms with Crippen LogP contribution in [0.15, 0.2) is 24.3 Å². The summed E-state index contributed by atoms with van der Waals surface area (Å²) in [6.07, 6.45) is 4.31. The quantitative estimate of drug-likeness (QED) is 0.814. The number of ether oxygens (including phenoxy) is 1. The van der Waals surface area contributed by atoms with Gasteiger partial charge in [0.15, 0.2) is 0 Å². The van der Waals surface area contributed by atoms with E-state index in [0.29, 0.717) is 12.2 Å². The van der Waals surface area contributed by atoms with Crippen LogP contribution in [0.2, 0.25) is 0 Å². The molecule has 3 heteroatoms. The Kier molecular flexibility index (Phi) is 4.48. The standard InChI is InChI=1S/C15H24N2O/c1-3-10-17(11-15-9-4-12(2)18-15)14-7-5-13(16)6-8-14/h5-8,12,15H,3-4,9-11,16H2,1-2H3. The number of nitrogens with zero attached hydrogens (tertiary/aromatic N) is 1. The lowest BCUT2D eigenvalue weighted by Gasteiger charge is -2.27. The van der Waals surface area contributed by atoms with Gasteiger partial charge in [0, 0.05) is 24.5 Å². The molecule has 0 bridgehead atoms. The topological polar surface area (TPSA) is 38.5 Å². The molecule has 1 saturated heterocycles. The third-order valence-electron chi connectivity index (χ3n) is 3.50. The van der Waals surface area contributed by atoms with Gasteiger partial charge in [-0.15, -0.1) is 0 Å². The van der Waals surface area contributed by atoms with E-state index in [9.17, 15) is 0 Å². The maximum Gasteiger partial charge on any atom is 0.0754 e. The van der Waals surface area contributed by atoms with E-state index in [2.05, 4.69) is 30.9 Å². The summed E-state index contributed by atoms with van der Waals surface area (Å²) >= 11 is 0. The van der Waals surface area contributed by atoms with Crippen LogP contribution in [0, 0.1) is 0 Å². The summed E-state index contributed by atoms with van der Waals surface area (Å²) in [5.41, 5.74) is 7.80. The highest BCUT2D eigenvalue weighted by Crippen LogP contribution is 2.23. The zero-order valence-electron chi connectivity index (χ0n) is 11.4. The molecule has 0 aromatic heterocycles. The molecule has 0 radical (unpaired) electrons. The molecule has 2 atom stereocenters. The number of hydrogen-bond donors (Lipinski definition) is 1. The van der Waals surface area contributed by atoms with E-state index in [4.69, 9.17) is 10.5 Å². The third kappa shape index (κ3) is 3.39. The highest BCUT2D eigenvalue weighted by atomic mass is 16.5. The Morgan fingerprint density at radius 2 is 2.00 bits per heavy atom. The van der Waals surface area contributed by atoms with Crippen LogP contribution in [0.25, 0.3) is 0 Å². The van der Waals surface area contributed by atoms with Gasteiger partial charge in [-0.1, -0.05) is 6.92 Å². The number of benzene rings is 1. The smallest absolute Gasteiger partial charge is 0.0754 e. The SMILES string of the molecule is CCCN(CC1CCC(C)O1)c1ccc(N)cc1. The first-order valence-corrected chi connectivity index (χ1v) is 6.95. The monoisotopic (exact) mass is 248 g/mol. The maximum absolute atomic E-state index is 5.92. The number of anilines is 2. The number of nitrogen functional groups attached to an aromatic ring is 1. The van der Waals surface area contributed by atoms with Crippen LogP contribution in [0.5, 0.6) is 0 Å². The Labute approximate surface area is 110 Å². The Morgan fingerprint density at radius 3 is 2.56 bits per heavy atom. The molecule has 1 aliphatic rings. The number of hydrogen-bond acceptors (Lipinski definition) is 3.